The lowest BCUT2D eigenvalue weighted by Gasteiger charge is -2.15. The van der Waals surface area contributed by atoms with Gasteiger partial charge in [-0.25, -0.2) is 9.18 Å². The van der Waals surface area contributed by atoms with Crippen molar-refractivity contribution in [2.45, 2.75) is 6.92 Å². The van der Waals surface area contributed by atoms with Gasteiger partial charge in [0.2, 0.25) is 5.75 Å². The molecule has 0 radical (unpaired) electrons. The number of carbonyl (C=O) groups excluding carboxylic acids is 2. The SMILES string of the molecule is COc1cc(C(=O)Oc2c(C(C)=O)ccc(OC)c2OC)ccc1F. The number of hydrogen-bond acceptors (Lipinski definition) is 6. The molecule has 0 saturated carbocycles. The summed E-state index contributed by atoms with van der Waals surface area (Å²) in [5, 5.41) is 0. The Morgan fingerprint density at radius 2 is 1.56 bits per heavy atom. The summed E-state index contributed by atoms with van der Waals surface area (Å²) in [6.45, 7) is 1.33. The number of benzene rings is 2. The lowest BCUT2D eigenvalue weighted by Crippen LogP contribution is -2.13. The maximum atomic E-state index is 13.5. The maximum Gasteiger partial charge on any atom is 0.343 e. The predicted molar refractivity (Wildman–Crippen MR) is 87.5 cm³/mol. The number of hydrogen-bond donors (Lipinski definition) is 0. The van der Waals surface area contributed by atoms with Crippen LogP contribution in [0.25, 0.3) is 0 Å². The minimum atomic E-state index is -0.799. The molecule has 6 nitrogen and oxygen atoms in total. The summed E-state index contributed by atoms with van der Waals surface area (Å²) < 4.78 is 34.1. The summed E-state index contributed by atoms with van der Waals surface area (Å²) in [7, 11) is 4.06. The van der Waals surface area contributed by atoms with Gasteiger partial charge in [0.05, 0.1) is 32.5 Å². The Hall–Kier alpha value is -3.09. The van der Waals surface area contributed by atoms with Gasteiger partial charge in [-0.15, -0.1) is 0 Å². The van der Waals surface area contributed by atoms with Crippen LogP contribution in [0.1, 0.15) is 27.6 Å². The topological polar surface area (TPSA) is 71.1 Å². The summed E-state index contributed by atoms with van der Waals surface area (Å²) in [5.74, 6) is -1.48. The molecule has 0 bridgehead atoms. The third-order valence-corrected chi connectivity index (χ3v) is 3.46. The van der Waals surface area contributed by atoms with Gasteiger partial charge in [-0.2, -0.15) is 0 Å². The molecule has 25 heavy (non-hydrogen) atoms. The van der Waals surface area contributed by atoms with E-state index in [1.54, 1.807) is 0 Å². The van der Waals surface area contributed by atoms with E-state index in [-0.39, 0.29) is 34.2 Å². The highest BCUT2D eigenvalue weighted by atomic mass is 19.1. The van der Waals surface area contributed by atoms with Crippen LogP contribution in [0.5, 0.6) is 23.0 Å². The van der Waals surface area contributed by atoms with Crippen LogP contribution in [0.3, 0.4) is 0 Å². The van der Waals surface area contributed by atoms with E-state index < -0.39 is 11.8 Å². The molecule has 0 atom stereocenters. The van der Waals surface area contributed by atoms with Gasteiger partial charge >= 0.3 is 5.97 Å². The zero-order valence-electron chi connectivity index (χ0n) is 14.2. The van der Waals surface area contributed by atoms with E-state index in [1.807, 2.05) is 0 Å². The van der Waals surface area contributed by atoms with Crippen molar-refractivity contribution in [1.29, 1.82) is 0 Å². The van der Waals surface area contributed by atoms with Crippen molar-refractivity contribution < 1.29 is 32.9 Å². The average molecular weight is 348 g/mol. The van der Waals surface area contributed by atoms with E-state index >= 15 is 0 Å². The van der Waals surface area contributed by atoms with E-state index in [0.29, 0.717) is 5.75 Å². The first-order valence-electron chi connectivity index (χ1n) is 7.24. The van der Waals surface area contributed by atoms with Gasteiger partial charge in [0, 0.05) is 0 Å². The molecule has 2 aromatic rings. The molecule has 0 amide bonds. The van der Waals surface area contributed by atoms with Crippen LogP contribution in [0.4, 0.5) is 4.39 Å². The Kier molecular flexibility index (Phi) is 5.59. The molecule has 0 spiro atoms. The van der Waals surface area contributed by atoms with Crippen LogP contribution >= 0.6 is 0 Å². The summed E-state index contributed by atoms with van der Waals surface area (Å²) in [4.78, 5) is 24.3. The fraction of sp³-hybridized carbons (Fsp3) is 0.222. The standard InChI is InChI=1S/C18H17FO6/c1-10(20)12-6-8-14(22-2)17(24-4)16(12)25-18(21)11-5-7-13(19)15(9-11)23-3/h5-9H,1-4H3. The minimum Gasteiger partial charge on any atom is -0.494 e. The summed E-state index contributed by atoms with van der Waals surface area (Å²) in [5.41, 5.74) is 0.206. The maximum absolute atomic E-state index is 13.5. The summed E-state index contributed by atoms with van der Waals surface area (Å²) in [6, 6.07) is 6.55. The fourth-order valence-electron chi connectivity index (χ4n) is 2.22. The lowest BCUT2D eigenvalue weighted by atomic mass is 10.1. The van der Waals surface area contributed by atoms with E-state index in [9.17, 15) is 14.0 Å². The largest absolute Gasteiger partial charge is 0.494 e. The second kappa shape index (κ2) is 7.65. The van der Waals surface area contributed by atoms with Crippen LogP contribution < -0.4 is 18.9 Å². The molecular formula is C18H17FO6. The second-order valence-electron chi connectivity index (χ2n) is 4.97. The fourth-order valence-corrected chi connectivity index (χ4v) is 2.22. The first-order valence-corrected chi connectivity index (χ1v) is 7.24. The van der Waals surface area contributed by atoms with Crippen LogP contribution in [-0.4, -0.2) is 33.1 Å². The molecule has 0 aliphatic rings. The molecular weight excluding hydrogens is 331 g/mol. The monoisotopic (exact) mass is 348 g/mol. The van der Waals surface area contributed by atoms with Gasteiger partial charge in [0.1, 0.15) is 0 Å². The van der Waals surface area contributed by atoms with Crippen molar-refractivity contribution in [2.75, 3.05) is 21.3 Å². The Morgan fingerprint density at radius 1 is 0.880 bits per heavy atom. The van der Waals surface area contributed by atoms with Crippen molar-refractivity contribution in [2.24, 2.45) is 0 Å². The minimum absolute atomic E-state index is 0.0534. The van der Waals surface area contributed by atoms with Crippen molar-refractivity contribution in [3.63, 3.8) is 0 Å². The zero-order chi connectivity index (χ0) is 18.6. The third-order valence-electron chi connectivity index (χ3n) is 3.46. The average Bonchev–Trinajstić information content (AvgIpc) is 2.61. The molecule has 0 aliphatic carbocycles. The van der Waals surface area contributed by atoms with E-state index in [2.05, 4.69) is 0 Å². The highest BCUT2D eigenvalue weighted by Gasteiger charge is 2.23. The number of ether oxygens (including phenoxy) is 4. The molecule has 0 fully saturated rings. The Labute approximate surface area is 144 Å². The van der Waals surface area contributed by atoms with Gasteiger partial charge in [-0.3, -0.25) is 4.79 Å². The molecule has 2 aromatic carbocycles. The van der Waals surface area contributed by atoms with Gasteiger partial charge in [-0.1, -0.05) is 0 Å². The van der Waals surface area contributed by atoms with Gasteiger partial charge in [0.25, 0.3) is 0 Å². The molecule has 0 aromatic heterocycles. The van der Waals surface area contributed by atoms with Crippen molar-refractivity contribution in [3.05, 3.63) is 47.3 Å². The highest BCUT2D eigenvalue weighted by molar-refractivity contribution is 6.00. The van der Waals surface area contributed by atoms with Crippen LogP contribution in [0.15, 0.2) is 30.3 Å². The van der Waals surface area contributed by atoms with E-state index in [1.165, 1.54) is 52.5 Å². The molecule has 0 aliphatic heterocycles. The van der Waals surface area contributed by atoms with Crippen molar-refractivity contribution in [1.82, 2.24) is 0 Å². The molecule has 7 heteroatoms. The molecule has 0 unspecified atom stereocenters. The normalized spacial score (nSPS) is 10.1. The molecule has 0 saturated heterocycles. The highest BCUT2D eigenvalue weighted by Crippen LogP contribution is 2.40. The number of rotatable bonds is 6. The summed E-state index contributed by atoms with van der Waals surface area (Å²) in [6.07, 6.45) is 0. The number of carbonyl (C=O) groups is 2. The van der Waals surface area contributed by atoms with Crippen molar-refractivity contribution in [3.8, 4) is 23.0 Å². The zero-order valence-corrected chi connectivity index (χ0v) is 14.2. The number of ketones is 1. The molecule has 2 rings (SSSR count). The van der Waals surface area contributed by atoms with Gasteiger partial charge in [-0.05, 0) is 37.3 Å². The van der Waals surface area contributed by atoms with E-state index in [0.717, 1.165) is 6.07 Å². The first-order chi connectivity index (χ1) is 11.9. The molecule has 0 N–H and O–H groups in total. The number of Topliss-reactive ketones (excluding diaryl/α,β-unsaturated/α-hetero) is 1. The van der Waals surface area contributed by atoms with Crippen LogP contribution in [0.2, 0.25) is 0 Å². The van der Waals surface area contributed by atoms with Crippen molar-refractivity contribution >= 4 is 11.8 Å². The third kappa shape index (κ3) is 3.71. The Morgan fingerprint density at radius 3 is 2.12 bits per heavy atom. The molecule has 132 valence electrons. The van der Waals surface area contributed by atoms with Crippen LogP contribution in [0, 0.1) is 5.82 Å². The van der Waals surface area contributed by atoms with Crippen LogP contribution in [-0.2, 0) is 0 Å². The smallest absolute Gasteiger partial charge is 0.343 e. The lowest BCUT2D eigenvalue weighted by molar-refractivity contribution is 0.0726. The second-order valence-corrected chi connectivity index (χ2v) is 4.97. The molecule has 0 heterocycles. The number of esters is 1. The summed E-state index contributed by atoms with van der Waals surface area (Å²) >= 11 is 0. The van der Waals surface area contributed by atoms with E-state index in [4.69, 9.17) is 18.9 Å². The quantitative estimate of drug-likeness (QED) is 0.453. The number of halogens is 1. The Balaban J connectivity index is 2.48. The predicted octanol–water partition coefficient (Wildman–Crippen LogP) is 3.27. The van der Waals surface area contributed by atoms with Gasteiger partial charge in [0.15, 0.2) is 28.8 Å². The first kappa shape index (κ1) is 18.3. The van der Waals surface area contributed by atoms with Gasteiger partial charge < -0.3 is 18.9 Å². The number of methoxy groups -OCH3 is 3. The Bertz CT molecular complexity index is 815.